The summed E-state index contributed by atoms with van der Waals surface area (Å²) in [5, 5.41) is 0. The van der Waals surface area contributed by atoms with Crippen molar-refractivity contribution in [3.05, 3.63) is 30.1 Å². The minimum absolute atomic E-state index is 0.202. The van der Waals surface area contributed by atoms with E-state index in [1.807, 2.05) is 36.2 Å². The number of nitrogens with zero attached hydrogens (tertiary/aromatic N) is 1. The van der Waals surface area contributed by atoms with Gasteiger partial charge < -0.3 is 24.8 Å². The summed E-state index contributed by atoms with van der Waals surface area (Å²) < 4.78 is 0.447. The topological polar surface area (TPSA) is 12.9 Å². The highest BCUT2D eigenvalue weighted by molar-refractivity contribution is 8.08. The Morgan fingerprint density at radius 2 is 2.47 bits per heavy atom. The van der Waals surface area contributed by atoms with Gasteiger partial charge in [0.1, 0.15) is 0 Å². The molecular weight excluding hydrogens is 242 g/mol. The van der Waals surface area contributed by atoms with Crippen LogP contribution in [0.4, 0.5) is 0 Å². The molecule has 0 spiro atoms. The van der Waals surface area contributed by atoms with Gasteiger partial charge in [0.05, 0.1) is 10.4 Å². The van der Waals surface area contributed by atoms with Gasteiger partial charge >= 0.3 is 0 Å². The molecule has 1 aliphatic heterocycles. The maximum absolute atomic E-state index is 5.28. The molecule has 4 heteroatoms. The molecule has 1 aliphatic rings. The molecule has 0 bridgehead atoms. The molecule has 1 saturated heterocycles. The number of pyridine rings is 1. The molecule has 0 amide bonds. The third-order valence-corrected chi connectivity index (χ3v) is 5.54. The molecular formula is C11H12NS3-. The lowest BCUT2D eigenvalue weighted by Gasteiger charge is -2.36. The van der Waals surface area contributed by atoms with E-state index in [1.54, 1.807) is 0 Å². The molecule has 2 atom stereocenters. The van der Waals surface area contributed by atoms with Crippen molar-refractivity contribution in [1.29, 1.82) is 0 Å². The third kappa shape index (κ3) is 1.79. The van der Waals surface area contributed by atoms with Crippen molar-refractivity contribution in [3.63, 3.8) is 0 Å². The van der Waals surface area contributed by atoms with Crippen LogP contribution in [0.2, 0.25) is 0 Å². The van der Waals surface area contributed by atoms with E-state index in [4.69, 9.17) is 24.8 Å². The predicted octanol–water partition coefficient (Wildman–Crippen LogP) is 2.92. The minimum Gasteiger partial charge on any atom is -0.431 e. The largest absolute Gasteiger partial charge is 0.431 e. The van der Waals surface area contributed by atoms with Crippen LogP contribution in [0.1, 0.15) is 19.0 Å². The van der Waals surface area contributed by atoms with Crippen LogP contribution in [0.25, 0.3) is 0 Å². The molecule has 1 aromatic heterocycles. The molecule has 0 radical (unpaired) electrons. The molecule has 2 rings (SSSR count). The molecule has 0 aliphatic carbocycles. The lowest BCUT2D eigenvalue weighted by atomic mass is 9.89. The fourth-order valence-electron chi connectivity index (χ4n) is 2.02. The number of aromatic nitrogens is 1. The van der Waals surface area contributed by atoms with Gasteiger partial charge in [0.25, 0.3) is 0 Å². The van der Waals surface area contributed by atoms with E-state index in [2.05, 4.69) is 11.9 Å². The molecule has 0 N–H and O–H groups in total. The first-order valence-electron chi connectivity index (χ1n) is 4.95. The van der Waals surface area contributed by atoms with Gasteiger partial charge in [-0.1, -0.05) is 13.0 Å². The smallest absolute Gasteiger partial charge is 0.0676 e. The fraction of sp³-hybridized carbons (Fsp3) is 0.455. The second-order valence-corrected chi connectivity index (χ2v) is 6.19. The highest BCUT2D eigenvalue weighted by atomic mass is 32.2. The summed E-state index contributed by atoms with van der Waals surface area (Å²) in [7, 11) is 0. The zero-order valence-electron chi connectivity index (χ0n) is 8.47. The van der Waals surface area contributed by atoms with Crippen LogP contribution >= 0.6 is 24.0 Å². The predicted molar refractivity (Wildman–Crippen MR) is 72.1 cm³/mol. The van der Waals surface area contributed by atoms with Crippen LogP contribution in [0, 0.1) is 5.92 Å². The zero-order chi connectivity index (χ0) is 10.9. The van der Waals surface area contributed by atoms with Gasteiger partial charge in [-0.15, -0.1) is 16.0 Å². The van der Waals surface area contributed by atoms with Gasteiger partial charge in [-0.25, -0.2) is 0 Å². The Labute approximate surface area is 105 Å². The standard InChI is InChI=1S/C11H13NS3/c1-8-5-7-15-11(8,10(13)14)9-4-2-3-6-12-9/h2-4,6,8H,5,7H2,1H3,(H,13,14)/p-1. The van der Waals surface area contributed by atoms with Crippen molar-refractivity contribution in [2.75, 3.05) is 5.75 Å². The molecule has 2 unspecified atom stereocenters. The Morgan fingerprint density at radius 3 is 2.93 bits per heavy atom. The first-order chi connectivity index (χ1) is 7.18. The van der Waals surface area contributed by atoms with Crippen LogP contribution in [0.15, 0.2) is 24.4 Å². The van der Waals surface area contributed by atoms with E-state index in [-0.39, 0.29) is 4.75 Å². The van der Waals surface area contributed by atoms with E-state index in [0.717, 1.165) is 17.9 Å². The van der Waals surface area contributed by atoms with Crippen LogP contribution in [-0.4, -0.2) is 14.9 Å². The van der Waals surface area contributed by atoms with Crippen LogP contribution in [0.3, 0.4) is 0 Å². The molecule has 1 aromatic rings. The van der Waals surface area contributed by atoms with Gasteiger partial charge in [-0.3, -0.25) is 4.98 Å². The second kappa shape index (κ2) is 4.36. The van der Waals surface area contributed by atoms with Gasteiger partial charge in [0, 0.05) is 6.20 Å². The maximum atomic E-state index is 5.28. The fourth-order valence-corrected chi connectivity index (χ4v) is 4.56. The quantitative estimate of drug-likeness (QED) is 0.594. The van der Waals surface area contributed by atoms with Crippen molar-refractivity contribution >= 4 is 40.8 Å². The van der Waals surface area contributed by atoms with Crippen LogP contribution in [-0.2, 0) is 17.4 Å². The lowest BCUT2D eigenvalue weighted by Crippen LogP contribution is -2.34. The van der Waals surface area contributed by atoms with E-state index in [9.17, 15) is 0 Å². The van der Waals surface area contributed by atoms with E-state index in [1.165, 1.54) is 0 Å². The van der Waals surface area contributed by atoms with Gasteiger partial charge in [0.15, 0.2) is 0 Å². The van der Waals surface area contributed by atoms with Gasteiger partial charge in [-0.2, -0.15) is 0 Å². The molecule has 15 heavy (non-hydrogen) atoms. The summed E-state index contributed by atoms with van der Waals surface area (Å²) >= 11 is 12.4. The van der Waals surface area contributed by atoms with Crippen LogP contribution in [0.5, 0.6) is 0 Å². The van der Waals surface area contributed by atoms with Crippen molar-refractivity contribution < 1.29 is 0 Å². The first-order valence-corrected chi connectivity index (χ1v) is 6.75. The van der Waals surface area contributed by atoms with Crippen molar-refractivity contribution in [1.82, 2.24) is 4.98 Å². The zero-order valence-corrected chi connectivity index (χ0v) is 10.9. The van der Waals surface area contributed by atoms with E-state index in [0.29, 0.717) is 10.1 Å². The molecule has 0 aromatic carbocycles. The average molecular weight is 254 g/mol. The summed E-state index contributed by atoms with van der Waals surface area (Å²) in [6, 6.07) is 5.96. The molecule has 2 heterocycles. The summed E-state index contributed by atoms with van der Waals surface area (Å²) in [5.74, 6) is 1.61. The SMILES string of the molecule is CC1CCSC1(C(=S)[S-])c1ccccn1. The second-order valence-electron chi connectivity index (χ2n) is 3.78. The monoisotopic (exact) mass is 254 g/mol. The Hall–Kier alpha value is -0.190. The van der Waals surface area contributed by atoms with Crippen molar-refractivity contribution in [2.24, 2.45) is 5.92 Å². The molecule has 1 fully saturated rings. The summed E-state index contributed by atoms with van der Waals surface area (Å²) in [6.45, 7) is 2.22. The Bertz CT molecular complexity index is 365. The average Bonchev–Trinajstić information content (AvgIpc) is 2.62. The van der Waals surface area contributed by atoms with Gasteiger partial charge in [-0.05, 0) is 30.2 Å². The number of hydrogen-bond acceptors (Lipinski definition) is 4. The minimum atomic E-state index is -0.202. The van der Waals surface area contributed by atoms with Crippen LogP contribution < -0.4 is 0 Å². The highest BCUT2D eigenvalue weighted by Crippen LogP contribution is 2.50. The number of thiocarbonyl (C=S) groups is 1. The third-order valence-electron chi connectivity index (χ3n) is 2.92. The van der Waals surface area contributed by atoms with Crippen molar-refractivity contribution in [2.45, 2.75) is 18.1 Å². The Balaban J connectivity index is 2.49. The molecule has 80 valence electrons. The number of rotatable bonds is 2. The van der Waals surface area contributed by atoms with E-state index < -0.39 is 0 Å². The summed E-state index contributed by atoms with van der Waals surface area (Å²) in [4.78, 5) is 4.43. The van der Waals surface area contributed by atoms with Crippen molar-refractivity contribution in [3.8, 4) is 0 Å². The Kier molecular flexibility index (Phi) is 3.28. The van der Waals surface area contributed by atoms with Gasteiger partial charge in [0.2, 0.25) is 0 Å². The number of hydrogen-bond donors (Lipinski definition) is 0. The summed E-state index contributed by atoms with van der Waals surface area (Å²) in [5.41, 5.74) is 1.03. The molecule has 0 saturated carbocycles. The number of thioether (sulfide) groups is 1. The van der Waals surface area contributed by atoms with E-state index >= 15 is 0 Å². The maximum Gasteiger partial charge on any atom is 0.0676 e. The first kappa shape index (κ1) is 11.3. The summed E-state index contributed by atoms with van der Waals surface area (Å²) in [6.07, 6.45) is 2.98. The lowest BCUT2D eigenvalue weighted by molar-refractivity contribution is 0.521. The Morgan fingerprint density at radius 1 is 1.67 bits per heavy atom. The highest BCUT2D eigenvalue weighted by Gasteiger charge is 2.42. The molecule has 1 nitrogen and oxygen atoms in total. The normalized spacial score (nSPS) is 30.3.